The molecule has 0 aliphatic carbocycles. The van der Waals surface area contributed by atoms with E-state index < -0.39 is 27.3 Å². The molecule has 0 saturated carbocycles. The molecule has 108 valence electrons. The van der Waals surface area contributed by atoms with Gasteiger partial charge in [0, 0.05) is 12.8 Å². The standard InChI is InChI=1S/C12H11ClFNO4S/c1-20(18,19)6-2-5-15-10-8(14)4-3-7(13)9(10)11(16)12(15)17/h3-4H,2,5-6H2,1H3. The minimum absolute atomic E-state index is 0.00497. The highest BCUT2D eigenvalue weighted by Crippen LogP contribution is 2.36. The summed E-state index contributed by atoms with van der Waals surface area (Å²) >= 11 is 5.81. The fourth-order valence-corrected chi connectivity index (χ4v) is 2.94. The summed E-state index contributed by atoms with van der Waals surface area (Å²) in [5.41, 5.74) is -0.322. The smallest absolute Gasteiger partial charge is 0.299 e. The van der Waals surface area contributed by atoms with Crippen molar-refractivity contribution in [3.63, 3.8) is 0 Å². The second-order valence-corrected chi connectivity index (χ2v) is 7.19. The first-order valence-corrected chi connectivity index (χ1v) is 8.18. The van der Waals surface area contributed by atoms with E-state index in [1.54, 1.807) is 0 Å². The maximum atomic E-state index is 13.8. The van der Waals surface area contributed by atoms with Crippen LogP contribution in [0, 0.1) is 5.82 Å². The SMILES string of the molecule is CS(=O)(=O)CCCN1C(=O)C(=O)c2c(Cl)ccc(F)c21. The molecule has 1 amide bonds. The average Bonchev–Trinajstić information content (AvgIpc) is 2.58. The molecule has 0 aromatic heterocycles. The van der Waals surface area contributed by atoms with Crippen molar-refractivity contribution in [3.8, 4) is 0 Å². The summed E-state index contributed by atoms with van der Waals surface area (Å²) in [4.78, 5) is 24.6. The summed E-state index contributed by atoms with van der Waals surface area (Å²) in [7, 11) is -3.19. The van der Waals surface area contributed by atoms with Gasteiger partial charge in [-0.05, 0) is 18.6 Å². The van der Waals surface area contributed by atoms with E-state index in [4.69, 9.17) is 11.6 Å². The molecule has 1 aromatic rings. The fourth-order valence-electron chi connectivity index (χ4n) is 2.05. The third-order valence-corrected chi connectivity index (χ3v) is 4.26. The van der Waals surface area contributed by atoms with Crippen LogP contribution in [0.25, 0.3) is 0 Å². The number of fused-ring (bicyclic) bond motifs is 1. The molecule has 1 aliphatic rings. The van der Waals surface area contributed by atoms with Gasteiger partial charge >= 0.3 is 0 Å². The van der Waals surface area contributed by atoms with Crippen LogP contribution in [0.2, 0.25) is 5.02 Å². The first-order valence-electron chi connectivity index (χ1n) is 5.74. The molecule has 0 N–H and O–H groups in total. The quantitative estimate of drug-likeness (QED) is 0.787. The van der Waals surface area contributed by atoms with Crippen molar-refractivity contribution in [1.29, 1.82) is 0 Å². The molecule has 2 rings (SSSR count). The number of carbonyl (C=O) groups excluding carboxylic acids is 2. The van der Waals surface area contributed by atoms with Crippen LogP contribution in [-0.4, -0.2) is 38.7 Å². The number of ketones is 1. The number of halogens is 2. The maximum absolute atomic E-state index is 13.8. The zero-order chi connectivity index (χ0) is 15.1. The summed E-state index contributed by atoms with van der Waals surface area (Å²) in [5.74, 6) is -2.64. The van der Waals surface area contributed by atoms with Crippen LogP contribution in [0.4, 0.5) is 10.1 Å². The number of anilines is 1. The van der Waals surface area contributed by atoms with E-state index in [0.717, 1.165) is 17.2 Å². The average molecular weight is 320 g/mol. The van der Waals surface area contributed by atoms with Gasteiger partial charge in [-0.25, -0.2) is 12.8 Å². The molecule has 0 fully saturated rings. The van der Waals surface area contributed by atoms with Crippen molar-refractivity contribution in [3.05, 3.63) is 28.5 Å². The van der Waals surface area contributed by atoms with Crippen LogP contribution >= 0.6 is 11.6 Å². The number of sulfone groups is 1. The number of hydrogen-bond acceptors (Lipinski definition) is 4. The highest BCUT2D eigenvalue weighted by Gasteiger charge is 2.39. The van der Waals surface area contributed by atoms with E-state index in [-0.39, 0.29) is 35.0 Å². The van der Waals surface area contributed by atoms with Crippen molar-refractivity contribution < 1.29 is 22.4 Å². The molecule has 0 bridgehead atoms. The molecule has 1 aromatic carbocycles. The van der Waals surface area contributed by atoms with Crippen LogP contribution in [0.5, 0.6) is 0 Å². The van der Waals surface area contributed by atoms with Gasteiger partial charge in [0.05, 0.1) is 22.0 Å². The lowest BCUT2D eigenvalue weighted by atomic mass is 10.1. The van der Waals surface area contributed by atoms with Gasteiger partial charge in [-0.2, -0.15) is 0 Å². The molecule has 20 heavy (non-hydrogen) atoms. The number of Topliss-reactive ketones (excluding diaryl/α,β-unsaturated/α-hetero) is 1. The van der Waals surface area contributed by atoms with Gasteiger partial charge in [0.15, 0.2) is 0 Å². The number of hydrogen-bond donors (Lipinski definition) is 0. The molecular formula is C12H11ClFNO4S. The zero-order valence-corrected chi connectivity index (χ0v) is 12.1. The molecule has 1 heterocycles. The van der Waals surface area contributed by atoms with Crippen LogP contribution in [0.15, 0.2) is 12.1 Å². The zero-order valence-electron chi connectivity index (χ0n) is 10.5. The van der Waals surface area contributed by atoms with Gasteiger partial charge in [-0.15, -0.1) is 0 Å². The Balaban J connectivity index is 2.31. The summed E-state index contributed by atoms with van der Waals surface area (Å²) in [5, 5.41) is 0.00497. The molecule has 0 spiro atoms. The highest BCUT2D eigenvalue weighted by molar-refractivity contribution is 7.90. The maximum Gasteiger partial charge on any atom is 0.299 e. The first kappa shape index (κ1) is 14.9. The van der Waals surface area contributed by atoms with Crippen LogP contribution in [0.1, 0.15) is 16.8 Å². The molecule has 5 nitrogen and oxygen atoms in total. The minimum Gasteiger partial charge on any atom is -0.302 e. The van der Waals surface area contributed by atoms with E-state index >= 15 is 0 Å². The van der Waals surface area contributed by atoms with E-state index in [2.05, 4.69) is 0 Å². The van der Waals surface area contributed by atoms with E-state index in [1.165, 1.54) is 6.07 Å². The van der Waals surface area contributed by atoms with Crippen molar-refractivity contribution in [2.75, 3.05) is 23.5 Å². The van der Waals surface area contributed by atoms with Crippen LogP contribution in [-0.2, 0) is 14.6 Å². The Bertz CT molecular complexity index is 702. The molecule has 1 aliphatic heterocycles. The normalized spacial score (nSPS) is 14.8. The predicted octanol–water partition coefficient (Wildman–Crippen LogP) is 1.44. The van der Waals surface area contributed by atoms with Gasteiger partial charge in [-0.1, -0.05) is 11.6 Å². The largest absolute Gasteiger partial charge is 0.302 e. The Morgan fingerprint density at radius 1 is 1.30 bits per heavy atom. The van der Waals surface area contributed by atoms with Gasteiger partial charge in [0.1, 0.15) is 15.7 Å². The number of carbonyl (C=O) groups is 2. The number of rotatable bonds is 4. The third-order valence-electron chi connectivity index (χ3n) is 2.91. The van der Waals surface area contributed by atoms with Crippen molar-refractivity contribution in [2.24, 2.45) is 0 Å². The Kier molecular flexibility index (Phi) is 3.84. The van der Waals surface area contributed by atoms with Crippen LogP contribution in [0.3, 0.4) is 0 Å². The Labute approximate surface area is 120 Å². The summed E-state index contributed by atoms with van der Waals surface area (Å²) in [6.07, 6.45) is 1.18. The van der Waals surface area contributed by atoms with Gasteiger partial charge < -0.3 is 4.90 Å². The van der Waals surface area contributed by atoms with E-state index in [0.29, 0.717) is 0 Å². The van der Waals surface area contributed by atoms with Gasteiger partial charge in [0.25, 0.3) is 11.7 Å². The summed E-state index contributed by atoms with van der Waals surface area (Å²) in [6.45, 7) is -0.0537. The fraction of sp³-hybridized carbons (Fsp3) is 0.333. The topological polar surface area (TPSA) is 71.5 Å². The minimum atomic E-state index is -3.19. The van der Waals surface area contributed by atoms with E-state index in [1.807, 2.05) is 0 Å². The molecule has 0 unspecified atom stereocenters. The lowest BCUT2D eigenvalue weighted by Crippen LogP contribution is -2.32. The second kappa shape index (κ2) is 5.14. The molecule has 0 radical (unpaired) electrons. The Hall–Kier alpha value is -1.47. The molecule has 0 atom stereocenters. The van der Waals surface area contributed by atoms with Crippen molar-refractivity contribution in [2.45, 2.75) is 6.42 Å². The third kappa shape index (κ3) is 2.69. The van der Waals surface area contributed by atoms with Gasteiger partial charge in [-0.3, -0.25) is 9.59 Å². The predicted molar refractivity (Wildman–Crippen MR) is 72.4 cm³/mol. The first-order chi connectivity index (χ1) is 9.22. The van der Waals surface area contributed by atoms with Crippen LogP contribution < -0.4 is 4.90 Å². The molecule has 0 saturated heterocycles. The number of amides is 1. The summed E-state index contributed by atoms with van der Waals surface area (Å²) < 4.78 is 35.9. The van der Waals surface area contributed by atoms with Crippen molar-refractivity contribution >= 4 is 38.8 Å². The Morgan fingerprint density at radius 3 is 2.55 bits per heavy atom. The lowest BCUT2D eigenvalue weighted by molar-refractivity contribution is -0.114. The number of nitrogens with zero attached hydrogens (tertiary/aromatic N) is 1. The molecule has 8 heteroatoms. The van der Waals surface area contributed by atoms with Crippen molar-refractivity contribution in [1.82, 2.24) is 0 Å². The second-order valence-electron chi connectivity index (χ2n) is 4.52. The Morgan fingerprint density at radius 2 is 1.95 bits per heavy atom. The highest BCUT2D eigenvalue weighted by atomic mass is 35.5. The van der Waals surface area contributed by atoms with Gasteiger partial charge in [0.2, 0.25) is 0 Å². The molecular weight excluding hydrogens is 309 g/mol. The number of benzene rings is 1. The lowest BCUT2D eigenvalue weighted by Gasteiger charge is -2.16. The summed E-state index contributed by atoms with van der Waals surface area (Å²) in [6, 6.07) is 2.28. The monoisotopic (exact) mass is 319 g/mol. The van der Waals surface area contributed by atoms with E-state index in [9.17, 15) is 22.4 Å².